The predicted octanol–water partition coefficient (Wildman–Crippen LogP) is 16.7. The second-order valence-electron chi connectivity index (χ2n) is 20.8. The van der Waals surface area contributed by atoms with Crippen LogP contribution in [0.2, 0.25) is 0 Å². The zero-order chi connectivity index (χ0) is 46.7. The van der Waals surface area contributed by atoms with Crippen molar-refractivity contribution in [3.05, 3.63) is 205 Å². The summed E-state index contributed by atoms with van der Waals surface area (Å²) in [6.07, 6.45) is 0. The van der Waals surface area contributed by atoms with Crippen LogP contribution in [0, 0.1) is 0 Å². The minimum atomic E-state index is -0.181. The van der Waals surface area contributed by atoms with Crippen LogP contribution >= 0.6 is 0 Å². The minimum absolute atomic E-state index is 0.0309. The minimum Gasteiger partial charge on any atom is -0.425 e. The van der Waals surface area contributed by atoms with E-state index < -0.39 is 0 Å². The monoisotopic (exact) mass is 874 g/mol. The van der Waals surface area contributed by atoms with Crippen molar-refractivity contribution < 1.29 is 4.74 Å². The van der Waals surface area contributed by atoms with E-state index in [4.69, 9.17) is 14.7 Å². The summed E-state index contributed by atoms with van der Waals surface area (Å²) in [7, 11) is 0. The van der Waals surface area contributed by atoms with Crippen molar-refractivity contribution in [2.75, 3.05) is 0 Å². The van der Waals surface area contributed by atoms with E-state index in [0.717, 1.165) is 84.0 Å². The van der Waals surface area contributed by atoms with Gasteiger partial charge in [0.05, 0.1) is 27.9 Å². The van der Waals surface area contributed by atoms with Crippen molar-refractivity contribution in [2.24, 2.45) is 0 Å². The Morgan fingerprint density at radius 3 is 1.46 bits per heavy atom. The maximum Gasteiger partial charge on any atom is 0.307 e. The molecule has 0 amide bonds. The summed E-state index contributed by atoms with van der Waals surface area (Å²) >= 11 is 0. The quantitative estimate of drug-likeness (QED) is 0.153. The van der Waals surface area contributed by atoms with E-state index in [-0.39, 0.29) is 16.2 Å². The highest BCUT2D eigenvalue weighted by Gasteiger charge is 2.26. The van der Waals surface area contributed by atoms with Gasteiger partial charge in [-0.15, -0.1) is 0 Å². The van der Waals surface area contributed by atoms with Gasteiger partial charge in [-0.2, -0.15) is 4.98 Å². The average Bonchev–Trinajstić information content (AvgIpc) is 3.89. The molecule has 0 N–H and O–H groups in total. The smallest absolute Gasteiger partial charge is 0.307 e. The third-order valence-electron chi connectivity index (χ3n) is 12.9. The summed E-state index contributed by atoms with van der Waals surface area (Å²) in [6, 6.07) is 67.6. The predicted molar refractivity (Wildman–Crippen MR) is 280 cm³/mol. The highest BCUT2D eigenvalue weighted by atomic mass is 16.5. The van der Waals surface area contributed by atoms with E-state index >= 15 is 0 Å². The molecule has 2 aromatic heterocycles. The first kappa shape index (κ1) is 43.4. The van der Waals surface area contributed by atoms with Crippen LogP contribution in [0.4, 0.5) is 0 Å². The second kappa shape index (κ2) is 16.7. The molecule has 2 heterocycles. The molecule has 0 atom stereocenters. The normalized spacial score (nSPS) is 12.3. The third-order valence-corrected chi connectivity index (χ3v) is 12.9. The van der Waals surface area contributed by atoms with Crippen molar-refractivity contribution in [2.45, 2.75) is 78.6 Å². The summed E-state index contributed by atoms with van der Waals surface area (Å²) in [4.78, 5) is 10.9. The SMILES string of the molecule is CC(C)(C)c1cc(-c2cccc3c2nc(Oc2ccccc2)n3-c2ccc(C(C)(C)C)cc2-c2ccccc2)cc(-c2nc3ccccc3n2-c2ccc(C(C)(C)C)cc2-c2ccccc2)c1. The molecule has 0 bridgehead atoms. The molecule has 10 rings (SSSR count). The summed E-state index contributed by atoms with van der Waals surface area (Å²) in [6.45, 7) is 20.5. The van der Waals surface area contributed by atoms with Gasteiger partial charge in [-0.25, -0.2) is 4.98 Å². The largest absolute Gasteiger partial charge is 0.425 e. The van der Waals surface area contributed by atoms with Gasteiger partial charge in [-0.1, -0.05) is 184 Å². The van der Waals surface area contributed by atoms with Crippen LogP contribution in [0.15, 0.2) is 188 Å². The van der Waals surface area contributed by atoms with Gasteiger partial charge in [-0.3, -0.25) is 9.13 Å². The first-order chi connectivity index (χ1) is 32.1. The van der Waals surface area contributed by atoms with Crippen molar-refractivity contribution in [3.8, 4) is 67.9 Å². The van der Waals surface area contributed by atoms with Crippen LogP contribution in [0.25, 0.3) is 78.2 Å². The third kappa shape index (κ3) is 8.36. The highest BCUT2D eigenvalue weighted by Crippen LogP contribution is 2.43. The van der Waals surface area contributed by atoms with Crippen molar-refractivity contribution in [1.82, 2.24) is 19.1 Å². The Balaban J connectivity index is 1.23. The fraction of sp³-hybridized carbons (Fsp3) is 0.194. The van der Waals surface area contributed by atoms with Gasteiger partial charge in [0.25, 0.3) is 0 Å². The maximum atomic E-state index is 6.81. The Bertz CT molecular complexity index is 3410. The number of hydrogen-bond donors (Lipinski definition) is 0. The Morgan fingerprint density at radius 1 is 0.373 bits per heavy atom. The van der Waals surface area contributed by atoms with Crippen LogP contribution in [-0.2, 0) is 16.2 Å². The van der Waals surface area contributed by atoms with E-state index in [1.54, 1.807) is 0 Å². The lowest BCUT2D eigenvalue weighted by Gasteiger charge is -2.24. The molecule has 0 radical (unpaired) electrons. The molecule has 0 saturated heterocycles. The zero-order valence-electron chi connectivity index (χ0n) is 40.1. The molecular weight excluding hydrogens is 817 g/mol. The first-order valence-electron chi connectivity index (χ1n) is 23.4. The molecule has 332 valence electrons. The lowest BCUT2D eigenvalue weighted by atomic mass is 9.83. The first-order valence-corrected chi connectivity index (χ1v) is 23.4. The fourth-order valence-electron chi connectivity index (χ4n) is 9.11. The van der Waals surface area contributed by atoms with Gasteiger partial charge < -0.3 is 4.74 Å². The second-order valence-corrected chi connectivity index (χ2v) is 20.8. The van der Waals surface area contributed by atoms with Gasteiger partial charge in [0.1, 0.15) is 17.1 Å². The van der Waals surface area contributed by atoms with E-state index in [1.807, 2.05) is 30.3 Å². The van der Waals surface area contributed by atoms with Crippen LogP contribution < -0.4 is 4.74 Å². The number of ether oxygens (including phenoxy) is 1. The molecule has 67 heavy (non-hydrogen) atoms. The summed E-state index contributed by atoms with van der Waals surface area (Å²) in [5, 5.41) is 0. The lowest BCUT2D eigenvalue weighted by molar-refractivity contribution is 0.437. The molecule has 0 unspecified atom stereocenters. The average molecular weight is 875 g/mol. The number of aromatic nitrogens is 4. The zero-order valence-corrected chi connectivity index (χ0v) is 40.1. The van der Waals surface area contributed by atoms with E-state index in [9.17, 15) is 0 Å². The molecule has 10 aromatic rings. The molecule has 0 fully saturated rings. The van der Waals surface area contributed by atoms with Crippen LogP contribution in [0.5, 0.6) is 11.8 Å². The number of fused-ring (bicyclic) bond motifs is 2. The molecule has 8 aromatic carbocycles. The molecule has 5 heteroatoms. The lowest BCUT2D eigenvalue weighted by Crippen LogP contribution is -2.12. The van der Waals surface area contributed by atoms with Gasteiger partial charge in [0.2, 0.25) is 0 Å². The number of benzene rings is 8. The maximum absolute atomic E-state index is 6.81. The topological polar surface area (TPSA) is 44.9 Å². The van der Waals surface area contributed by atoms with E-state index in [0.29, 0.717) is 6.01 Å². The van der Waals surface area contributed by atoms with Gasteiger partial charge >= 0.3 is 6.01 Å². The Labute approximate surface area is 395 Å². The van der Waals surface area contributed by atoms with Crippen molar-refractivity contribution >= 4 is 22.1 Å². The molecule has 5 nitrogen and oxygen atoms in total. The number of para-hydroxylation sites is 4. The Morgan fingerprint density at radius 2 is 0.881 bits per heavy atom. The number of imidazole rings is 2. The summed E-state index contributed by atoms with van der Waals surface area (Å²) in [5.41, 5.74) is 17.0. The van der Waals surface area contributed by atoms with E-state index in [2.05, 4.69) is 229 Å². The molecular formula is C62H58N4O. The van der Waals surface area contributed by atoms with Crippen LogP contribution in [0.1, 0.15) is 79.0 Å². The van der Waals surface area contributed by atoms with Crippen molar-refractivity contribution in [3.63, 3.8) is 0 Å². The van der Waals surface area contributed by atoms with Gasteiger partial charge in [0.15, 0.2) is 0 Å². The molecule has 0 spiro atoms. The number of nitrogens with zero attached hydrogens (tertiary/aromatic N) is 4. The Kier molecular flexibility index (Phi) is 10.8. The molecule has 0 aliphatic carbocycles. The molecule has 0 aliphatic heterocycles. The van der Waals surface area contributed by atoms with Gasteiger partial charge in [-0.05, 0) is 116 Å². The van der Waals surface area contributed by atoms with Crippen LogP contribution in [0.3, 0.4) is 0 Å². The van der Waals surface area contributed by atoms with Crippen molar-refractivity contribution in [1.29, 1.82) is 0 Å². The fourth-order valence-corrected chi connectivity index (χ4v) is 9.11. The standard InChI is InChI=1S/C62H58N4O/c1-60(2,3)45-32-34-53(50(39-45)41-22-13-10-14-23-41)65-55-30-20-19-29-52(55)63-58(65)44-36-43(37-47(38-44)62(7,8)9)49-28-21-31-56-57(49)64-59(67-48-26-17-12-18-27-48)66(56)54-35-33-46(61(4,5)6)40-51(54)42-24-15-11-16-25-42/h10-40H,1-9H3. The highest BCUT2D eigenvalue weighted by molar-refractivity contribution is 5.96. The van der Waals surface area contributed by atoms with E-state index in [1.165, 1.54) is 16.7 Å². The summed E-state index contributed by atoms with van der Waals surface area (Å²) in [5.74, 6) is 1.60. The molecule has 0 saturated carbocycles. The molecule has 0 aliphatic rings. The Hall–Kier alpha value is -7.50. The number of rotatable bonds is 8. The van der Waals surface area contributed by atoms with Crippen LogP contribution in [-0.4, -0.2) is 19.1 Å². The summed E-state index contributed by atoms with van der Waals surface area (Å²) < 4.78 is 11.4. The van der Waals surface area contributed by atoms with Gasteiger partial charge in [0, 0.05) is 22.3 Å². The number of hydrogen-bond acceptors (Lipinski definition) is 3.